The fourth-order valence-corrected chi connectivity index (χ4v) is 6.58. The topological polar surface area (TPSA) is 12.9 Å². The molecule has 6 aromatic carbocycles. The lowest BCUT2D eigenvalue weighted by Crippen LogP contribution is -1.89. The average molecular weight is 454 g/mol. The van der Waals surface area contributed by atoms with E-state index in [2.05, 4.69) is 115 Å². The van der Waals surface area contributed by atoms with Crippen molar-refractivity contribution >= 4 is 32.4 Å². The first kappa shape index (κ1) is 18.6. The van der Waals surface area contributed by atoms with Gasteiger partial charge in [0.15, 0.2) is 0 Å². The molecule has 0 bridgehead atoms. The molecule has 1 heterocycles. The van der Waals surface area contributed by atoms with Gasteiger partial charge in [0.2, 0.25) is 0 Å². The quantitative estimate of drug-likeness (QED) is 0.241. The molecular formula is C35H19N. The molecule has 2 aliphatic rings. The molecule has 1 nitrogen and oxygen atoms in total. The van der Waals surface area contributed by atoms with Crippen molar-refractivity contribution in [2.24, 2.45) is 0 Å². The van der Waals surface area contributed by atoms with Crippen LogP contribution in [-0.2, 0) is 0 Å². The molecular weight excluding hydrogens is 434 g/mol. The van der Waals surface area contributed by atoms with E-state index >= 15 is 0 Å². The van der Waals surface area contributed by atoms with Crippen molar-refractivity contribution in [3.63, 3.8) is 0 Å². The lowest BCUT2D eigenvalue weighted by Gasteiger charge is -2.11. The highest BCUT2D eigenvalue weighted by Crippen LogP contribution is 2.51. The fraction of sp³-hybridized carbons (Fsp3) is 0. The van der Waals surface area contributed by atoms with Crippen molar-refractivity contribution in [2.45, 2.75) is 0 Å². The van der Waals surface area contributed by atoms with E-state index < -0.39 is 0 Å². The van der Waals surface area contributed by atoms with Crippen molar-refractivity contribution in [3.8, 4) is 55.8 Å². The summed E-state index contributed by atoms with van der Waals surface area (Å²) in [6.45, 7) is 0. The minimum absolute atomic E-state index is 1.04. The molecule has 0 saturated heterocycles. The van der Waals surface area contributed by atoms with Gasteiger partial charge < -0.3 is 0 Å². The highest BCUT2D eigenvalue weighted by molar-refractivity contribution is 6.20. The lowest BCUT2D eigenvalue weighted by molar-refractivity contribution is 1.41. The summed E-state index contributed by atoms with van der Waals surface area (Å²) in [5.74, 6) is 0. The predicted octanol–water partition coefficient (Wildman–Crippen LogP) is 9.50. The van der Waals surface area contributed by atoms with Gasteiger partial charge in [0.05, 0.1) is 11.2 Å². The molecule has 0 N–H and O–H groups in total. The van der Waals surface area contributed by atoms with Crippen LogP contribution in [0.3, 0.4) is 0 Å². The summed E-state index contributed by atoms with van der Waals surface area (Å²) in [4.78, 5) is 5.24. The van der Waals surface area contributed by atoms with Crippen LogP contribution >= 0.6 is 0 Å². The van der Waals surface area contributed by atoms with Gasteiger partial charge in [-0.25, -0.2) is 4.98 Å². The van der Waals surface area contributed by atoms with Gasteiger partial charge in [-0.1, -0.05) is 91.0 Å². The van der Waals surface area contributed by atoms with E-state index in [4.69, 9.17) is 4.98 Å². The van der Waals surface area contributed by atoms with Crippen LogP contribution in [-0.4, -0.2) is 4.98 Å². The zero-order valence-electron chi connectivity index (χ0n) is 19.4. The number of fused-ring (bicyclic) bond motifs is 7. The molecule has 7 aromatic rings. The van der Waals surface area contributed by atoms with Gasteiger partial charge in [0.25, 0.3) is 0 Å². The Bertz CT molecular complexity index is 2070. The van der Waals surface area contributed by atoms with Gasteiger partial charge in [-0.2, -0.15) is 0 Å². The molecule has 1 heteroatoms. The minimum atomic E-state index is 1.04. The van der Waals surface area contributed by atoms with E-state index in [1.54, 1.807) is 0 Å². The second-order valence-corrected chi connectivity index (χ2v) is 9.93. The molecule has 1 aromatic heterocycles. The third kappa shape index (κ3) is 2.23. The van der Waals surface area contributed by atoms with E-state index in [1.165, 1.54) is 77.0 Å². The van der Waals surface area contributed by atoms with E-state index in [0.29, 0.717) is 0 Å². The van der Waals surface area contributed by atoms with Crippen LogP contribution in [0.4, 0.5) is 0 Å². The zero-order chi connectivity index (χ0) is 23.4. The van der Waals surface area contributed by atoms with Gasteiger partial charge in [-0.05, 0) is 90.3 Å². The Hall–Kier alpha value is -4.75. The summed E-state index contributed by atoms with van der Waals surface area (Å²) in [5, 5.41) is 6.44. The van der Waals surface area contributed by atoms with E-state index in [9.17, 15) is 0 Å². The molecule has 0 aliphatic heterocycles. The first-order valence-corrected chi connectivity index (χ1v) is 12.5. The molecule has 0 atom stereocenters. The fourth-order valence-electron chi connectivity index (χ4n) is 6.58. The summed E-state index contributed by atoms with van der Waals surface area (Å²) in [6, 6.07) is 42.2. The Labute approximate surface area is 208 Å². The molecule has 0 saturated carbocycles. The molecule has 0 amide bonds. The number of rotatable bonds is 1. The third-order valence-corrected chi connectivity index (χ3v) is 8.12. The molecule has 0 spiro atoms. The van der Waals surface area contributed by atoms with Crippen LogP contribution in [0.1, 0.15) is 0 Å². The Morgan fingerprint density at radius 1 is 0.361 bits per heavy atom. The number of hydrogen-bond donors (Lipinski definition) is 0. The molecule has 0 unspecified atom stereocenters. The second-order valence-electron chi connectivity index (χ2n) is 9.93. The normalized spacial score (nSPS) is 12.4. The Morgan fingerprint density at radius 3 is 1.72 bits per heavy atom. The van der Waals surface area contributed by atoms with Gasteiger partial charge in [0, 0.05) is 10.9 Å². The number of hydrogen-bond acceptors (Lipinski definition) is 1. The van der Waals surface area contributed by atoms with Crippen molar-refractivity contribution < 1.29 is 0 Å². The summed E-state index contributed by atoms with van der Waals surface area (Å²) in [6.07, 6.45) is 0. The van der Waals surface area contributed by atoms with Crippen LogP contribution in [0.5, 0.6) is 0 Å². The van der Waals surface area contributed by atoms with Gasteiger partial charge in [-0.3, -0.25) is 0 Å². The molecule has 36 heavy (non-hydrogen) atoms. The summed E-state index contributed by atoms with van der Waals surface area (Å²) in [7, 11) is 0. The molecule has 0 fully saturated rings. The molecule has 164 valence electrons. The van der Waals surface area contributed by atoms with Crippen molar-refractivity contribution in [2.75, 3.05) is 0 Å². The molecule has 0 radical (unpaired) electrons. The van der Waals surface area contributed by atoms with Crippen LogP contribution in [0.25, 0.3) is 88.2 Å². The Morgan fingerprint density at radius 2 is 0.944 bits per heavy atom. The average Bonchev–Trinajstić information content (AvgIpc) is 3.43. The van der Waals surface area contributed by atoms with Crippen LogP contribution < -0.4 is 0 Å². The highest BCUT2D eigenvalue weighted by Gasteiger charge is 2.26. The number of benzene rings is 6. The van der Waals surface area contributed by atoms with Gasteiger partial charge in [-0.15, -0.1) is 0 Å². The lowest BCUT2D eigenvalue weighted by atomic mass is 9.95. The maximum absolute atomic E-state index is 5.24. The molecule has 2 aliphatic carbocycles. The van der Waals surface area contributed by atoms with Crippen molar-refractivity contribution in [1.29, 1.82) is 0 Å². The summed E-state index contributed by atoms with van der Waals surface area (Å²) in [5.41, 5.74) is 13.8. The number of pyridine rings is 1. The smallest absolute Gasteiger partial charge is 0.0722 e. The molecule has 9 rings (SSSR count). The summed E-state index contributed by atoms with van der Waals surface area (Å²) < 4.78 is 0. The van der Waals surface area contributed by atoms with E-state index in [1.807, 2.05) is 0 Å². The third-order valence-electron chi connectivity index (χ3n) is 8.12. The highest BCUT2D eigenvalue weighted by atomic mass is 14.7. The standard InChI is InChI=1S/C35H19N/c1-2-8-21-18-30-29(17-20(21)7-1)27-13-6-14-32-35(27)31(30)19-33(36-32)24-15-16-28-23-10-4-3-9-22(23)25-11-5-12-26(24)34(25)28/h1-19H. The second kappa shape index (κ2) is 6.47. The number of aromatic nitrogens is 1. The van der Waals surface area contributed by atoms with Gasteiger partial charge >= 0.3 is 0 Å². The summed E-state index contributed by atoms with van der Waals surface area (Å²) >= 11 is 0. The first-order valence-electron chi connectivity index (χ1n) is 12.5. The maximum atomic E-state index is 5.24. The number of nitrogens with zero attached hydrogens (tertiary/aromatic N) is 1. The Balaban J connectivity index is 1.35. The monoisotopic (exact) mass is 453 g/mol. The maximum Gasteiger partial charge on any atom is 0.0722 e. The Kier molecular flexibility index (Phi) is 3.34. The van der Waals surface area contributed by atoms with Crippen LogP contribution in [0, 0.1) is 0 Å². The van der Waals surface area contributed by atoms with Gasteiger partial charge in [0.1, 0.15) is 0 Å². The largest absolute Gasteiger partial charge is 0.248 e. The first-order chi connectivity index (χ1) is 17.8. The van der Waals surface area contributed by atoms with Crippen LogP contribution in [0.2, 0.25) is 0 Å². The SMILES string of the molecule is c1ccc2c(c1)-c1cccc3c(-c4cc5c6c(cccc6n4)-c4cc6ccccc6cc4-5)ccc-2c13. The van der Waals surface area contributed by atoms with Crippen molar-refractivity contribution in [1.82, 2.24) is 4.98 Å². The predicted molar refractivity (Wildman–Crippen MR) is 151 cm³/mol. The van der Waals surface area contributed by atoms with E-state index in [-0.39, 0.29) is 0 Å². The van der Waals surface area contributed by atoms with Crippen molar-refractivity contribution in [3.05, 3.63) is 115 Å². The minimum Gasteiger partial charge on any atom is -0.248 e. The van der Waals surface area contributed by atoms with E-state index in [0.717, 1.165) is 11.2 Å². The zero-order valence-corrected chi connectivity index (χ0v) is 19.4. The van der Waals surface area contributed by atoms with Crippen LogP contribution in [0.15, 0.2) is 115 Å².